The Morgan fingerprint density at radius 3 is 1.44 bits per heavy atom. The van der Waals surface area contributed by atoms with Gasteiger partial charge in [0.25, 0.3) is 0 Å². The average molecular weight is 634 g/mol. The zero-order chi connectivity index (χ0) is 32.8. The van der Waals surface area contributed by atoms with Crippen molar-refractivity contribution >= 4 is 79.7 Å². The van der Waals surface area contributed by atoms with Gasteiger partial charge in [-0.15, -0.1) is 0 Å². The third-order valence-electron chi connectivity index (χ3n) is 9.39. The van der Waals surface area contributed by atoms with Gasteiger partial charge in [0, 0.05) is 27.8 Å². The van der Waals surface area contributed by atoms with Crippen molar-refractivity contribution < 1.29 is 0 Å². The summed E-state index contributed by atoms with van der Waals surface area (Å²) in [5.41, 5.74) is 6.95. The Labute approximate surface area is 282 Å². The molecule has 8 aromatic rings. The Balaban J connectivity index is 1.39. The fourth-order valence-electron chi connectivity index (χ4n) is 7.02. The second-order valence-electron chi connectivity index (χ2n) is 13.4. The van der Waals surface area contributed by atoms with Crippen LogP contribution in [0.25, 0.3) is 32.3 Å². The van der Waals surface area contributed by atoms with Crippen LogP contribution < -0.4 is 15.0 Å². The van der Waals surface area contributed by atoms with E-state index in [4.69, 9.17) is 0 Å². The minimum atomic E-state index is -1.45. The van der Waals surface area contributed by atoms with E-state index in [1.54, 1.807) is 0 Å². The van der Waals surface area contributed by atoms with Crippen LogP contribution in [0.4, 0.5) is 34.1 Å². The Kier molecular flexibility index (Phi) is 7.21. The first kappa shape index (κ1) is 29.5. The molecule has 0 unspecified atom stereocenters. The number of benzene rings is 8. The number of nitrogens with zero attached hydrogens (tertiary/aromatic N) is 3. The highest BCUT2D eigenvalue weighted by atomic mass is 28.3. The number of para-hydroxylation sites is 3. The monoisotopic (exact) mass is 633 g/mol. The first-order valence-electron chi connectivity index (χ1n) is 16.4. The molecule has 8 aromatic carbocycles. The van der Waals surface area contributed by atoms with Gasteiger partial charge in [-0.2, -0.15) is 5.26 Å². The fraction of sp³-hybridized carbons (Fsp3) is 0.0682. The molecule has 0 spiro atoms. The first-order chi connectivity index (χ1) is 23.4. The number of rotatable bonds is 7. The van der Waals surface area contributed by atoms with Crippen molar-refractivity contribution in [3.8, 4) is 6.07 Å². The van der Waals surface area contributed by atoms with Crippen LogP contribution in [0, 0.1) is 11.3 Å². The van der Waals surface area contributed by atoms with Crippen LogP contribution in [-0.4, -0.2) is 8.07 Å². The minimum absolute atomic E-state index is 0.632. The Morgan fingerprint density at radius 1 is 0.438 bits per heavy atom. The van der Waals surface area contributed by atoms with Gasteiger partial charge in [-0.1, -0.05) is 122 Å². The highest BCUT2D eigenvalue weighted by molar-refractivity contribution is 6.88. The van der Waals surface area contributed by atoms with Gasteiger partial charge in [0.1, 0.15) is 6.07 Å². The predicted molar refractivity (Wildman–Crippen MR) is 207 cm³/mol. The molecular weight excluding hydrogens is 599 g/mol. The lowest BCUT2D eigenvalue weighted by Crippen LogP contribution is -2.37. The van der Waals surface area contributed by atoms with Gasteiger partial charge in [0.05, 0.1) is 30.7 Å². The van der Waals surface area contributed by atoms with Gasteiger partial charge in [-0.25, -0.2) is 0 Å². The Hall–Kier alpha value is -5.89. The van der Waals surface area contributed by atoms with E-state index in [-0.39, 0.29) is 0 Å². The summed E-state index contributed by atoms with van der Waals surface area (Å²) in [5, 5.41) is 18.8. The van der Waals surface area contributed by atoms with E-state index in [2.05, 4.69) is 151 Å². The van der Waals surface area contributed by atoms with Crippen molar-refractivity contribution in [2.24, 2.45) is 0 Å². The minimum Gasteiger partial charge on any atom is -0.310 e. The van der Waals surface area contributed by atoms with Gasteiger partial charge in [0.2, 0.25) is 0 Å². The number of anilines is 6. The van der Waals surface area contributed by atoms with Crippen LogP contribution in [0.1, 0.15) is 5.56 Å². The Bertz CT molecular complexity index is 2440. The summed E-state index contributed by atoms with van der Waals surface area (Å²) < 4.78 is 0. The maximum atomic E-state index is 10.1. The first-order valence-corrected chi connectivity index (χ1v) is 19.9. The third-order valence-corrected chi connectivity index (χ3v) is 11.5. The molecule has 0 amide bonds. The molecule has 0 aliphatic heterocycles. The lowest BCUT2D eigenvalue weighted by Gasteiger charge is -2.30. The lowest BCUT2D eigenvalue weighted by atomic mass is 9.91. The average Bonchev–Trinajstić information content (AvgIpc) is 3.13. The summed E-state index contributed by atoms with van der Waals surface area (Å²) >= 11 is 0. The molecule has 0 saturated heterocycles. The molecule has 4 heteroatoms. The van der Waals surface area contributed by atoms with Crippen LogP contribution in [0.15, 0.2) is 158 Å². The van der Waals surface area contributed by atoms with E-state index in [1.807, 2.05) is 42.5 Å². The van der Waals surface area contributed by atoms with Crippen LogP contribution in [0.5, 0.6) is 0 Å². The lowest BCUT2D eigenvalue weighted by molar-refractivity contribution is 1.28. The SMILES string of the molecule is C[Si](C)(C)c1ccc(N(c2ccccc2)c2ccc3ccc4c(N(c5ccccc5)c5ccccc5C#N)ccc5ccc2c3c54)cc1. The molecule has 0 aromatic heterocycles. The zero-order valence-corrected chi connectivity index (χ0v) is 28.4. The summed E-state index contributed by atoms with van der Waals surface area (Å²) in [4.78, 5) is 4.61. The maximum Gasteiger partial charge on any atom is 0.101 e. The standard InChI is InChI=1S/C44H35N3Si/c1-48(2,3)37-24-22-36(23-25-37)46(34-13-6-4-7-14-34)41-28-20-31-19-27-39-42(29-21-32-18-26-38(41)43(31)44(32)39)47(35-15-8-5-9-16-35)40-17-11-10-12-33(40)30-45/h4-29H,1-3H3. The topological polar surface area (TPSA) is 30.3 Å². The van der Waals surface area contributed by atoms with Gasteiger partial charge in [-0.3, -0.25) is 0 Å². The molecule has 8 rings (SSSR count). The maximum absolute atomic E-state index is 10.1. The van der Waals surface area contributed by atoms with E-state index < -0.39 is 8.07 Å². The number of hydrogen-bond acceptors (Lipinski definition) is 3. The normalized spacial score (nSPS) is 11.6. The summed E-state index contributed by atoms with van der Waals surface area (Å²) in [7, 11) is -1.45. The molecular formula is C44H35N3Si. The second-order valence-corrected chi connectivity index (χ2v) is 18.4. The van der Waals surface area contributed by atoms with E-state index in [9.17, 15) is 5.26 Å². The second kappa shape index (κ2) is 11.7. The predicted octanol–water partition coefficient (Wildman–Crippen LogP) is 11.9. The smallest absolute Gasteiger partial charge is 0.101 e. The summed E-state index contributed by atoms with van der Waals surface area (Å²) in [6.45, 7) is 7.18. The summed E-state index contributed by atoms with van der Waals surface area (Å²) in [6, 6.07) is 58.4. The molecule has 48 heavy (non-hydrogen) atoms. The van der Waals surface area contributed by atoms with E-state index in [1.165, 1.54) is 32.1 Å². The van der Waals surface area contributed by atoms with Crippen molar-refractivity contribution in [1.29, 1.82) is 5.26 Å². The molecule has 0 atom stereocenters. The Morgan fingerprint density at radius 2 is 0.896 bits per heavy atom. The third kappa shape index (κ3) is 4.97. The highest BCUT2D eigenvalue weighted by Gasteiger charge is 2.23. The van der Waals surface area contributed by atoms with Crippen molar-refractivity contribution in [2.45, 2.75) is 19.6 Å². The van der Waals surface area contributed by atoms with Gasteiger partial charge in [-0.05, 0) is 82.2 Å². The van der Waals surface area contributed by atoms with E-state index in [0.29, 0.717) is 5.56 Å². The molecule has 0 saturated carbocycles. The molecule has 0 aliphatic rings. The van der Waals surface area contributed by atoms with Crippen molar-refractivity contribution in [3.63, 3.8) is 0 Å². The molecule has 3 nitrogen and oxygen atoms in total. The van der Waals surface area contributed by atoms with Crippen molar-refractivity contribution in [1.82, 2.24) is 0 Å². The van der Waals surface area contributed by atoms with Crippen molar-refractivity contribution in [3.05, 3.63) is 163 Å². The molecule has 0 heterocycles. The quantitative estimate of drug-likeness (QED) is 0.129. The molecule has 0 radical (unpaired) electrons. The van der Waals surface area contributed by atoms with Gasteiger partial charge < -0.3 is 9.80 Å². The molecule has 0 N–H and O–H groups in total. The largest absolute Gasteiger partial charge is 0.310 e. The number of hydrogen-bond donors (Lipinski definition) is 0. The van der Waals surface area contributed by atoms with Crippen LogP contribution >= 0.6 is 0 Å². The van der Waals surface area contributed by atoms with E-state index in [0.717, 1.165) is 39.5 Å². The van der Waals surface area contributed by atoms with E-state index >= 15 is 0 Å². The molecule has 0 aliphatic carbocycles. The van der Waals surface area contributed by atoms with Gasteiger partial charge in [0.15, 0.2) is 0 Å². The highest BCUT2D eigenvalue weighted by Crippen LogP contribution is 2.47. The van der Waals surface area contributed by atoms with Crippen LogP contribution in [0.2, 0.25) is 19.6 Å². The summed E-state index contributed by atoms with van der Waals surface area (Å²) in [5.74, 6) is 0. The molecule has 0 bridgehead atoms. The molecule has 0 fully saturated rings. The van der Waals surface area contributed by atoms with Crippen LogP contribution in [-0.2, 0) is 0 Å². The summed E-state index contributed by atoms with van der Waals surface area (Å²) in [6.07, 6.45) is 0. The number of nitriles is 1. The fourth-order valence-corrected chi connectivity index (χ4v) is 8.19. The molecule has 230 valence electrons. The van der Waals surface area contributed by atoms with Crippen molar-refractivity contribution in [2.75, 3.05) is 9.80 Å². The van der Waals surface area contributed by atoms with Crippen LogP contribution in [0.3, 0.4) is 0 Å². The zero-order valence-electron chi connectivity index (χ0n) is 27.4. The van der Waals surface area contributed by atoms with Gasteiger partial charge >= 0.3 is 0 Å².